The van der Waals surface area contributed by atoms with Crippen molar-refractivity contribution in [2.45, 2.75) is 19.9 Å². The van der Waals surface area contributed by atoms with Crippen molar-refractivity contribution in [2.75, 3.05) is 37.6 Å². The number of carbonyl (C=O) groups is 2. The van der Waals surface area contributed by atoms with Gasteiger partial charge in [-0.25, -0.2) is 0 Å². The van der Waals surface area contributed by atoms with Gasteiger partial charge in [0.1, 0.15) is 5.76 Å². The fourth-order valence-electron chi connectivity index (χ4n) is 4.03. The number of rotatable bonds is 4. The second-order valence-corrected chi connectivity index (χ2v) is 7.35. The molecule has 4 rings (SSSR count). The Morgan fingerprint density at radius 3 is 2.59 bits per heavy atom. The Kier molecular flexibility index (Phi) is 4.88. The van der Waals surface area contributed by atoms with Gasteiger partial charge in [-0.05, 0) is 30.7 Å². The molecule has 1 aromatic carbocycles. The molecule has 1 aromatic heterocycles. The van der Waals surface area contributed by atoms with Gasteiger partial charge < -0.3 is 19.1 Å². The lowest BCUT2D eigenvalue weighted by atomic mass is 10.1. The lowest BCUT2D eigenvalue weighted by molar-refractivity contribution is -0.136. The Labute approximate surface area is 159 Å². The molecule has 0 saturated carbocycles. The summed E-state index contributed by atoms with van der Waals surface area (Å²) in [7, 11) is 0. The highest BCUT2D eigenvalue weighted by Gasteiger charge is 2.37. The molecule has 2 fully saturated rings. The topological polar surface area (TPSA) is 57.0 Å². The average Bonchev–Trinajstić information content (AvgIpc) is 3.32. The molecule has 2 aliphatic rings. The molecule has 0 radical (unpaired) electrons. The van der Waals surface area contributed by atoms with Gasteiger partial charge in [0.25, 0.3) is 0 Å². The van der Waals surface area contributed by atoms with E-state index in [0.717, 1.165) is 18.8 Å². The minimum atomic E-state index is -0.238. The van der Waals surface area contributed by atoms with Gasteiger partial charge in [-0.2, -0.15) is 0 Å². The van der Waals surface area contributed by atoms with Crippen LogP contribution in [0.1, 0.15) is 17.7 Å². The summed E-state index contributed by atoms with van der Waals surface area (Å²) >= 11 is 0. The number of carbonyl (C=O) groups excluding carboxylic acids is 2. The van der Waals surface area contributed by atoms with Crippen molar-refractivity contribution in [1.29, 1.82) is 0 Å². The maximum absolute atomic E-state index is 12.9. The number of nitrogens with zero attached hydrogens (tertiary/aromatic N) is 3. The first kappa shape index (κ1) is 17.6. The SMILES string of the molecule is Cc1ccccc1N1CCN(C(=O)C2CC(=O)N(Cc3ccco3)C2)CC1. The third-order valence-electron chi connectivity index (χ3n) is 5.54. The number of amides is 2. The van der Waals surface area contributed by atoms with Gasteiger partial charge in [-0.1, -0.05) is 18.2 Å². The lowest BCUT2D eigenvalue weighted by Gasteiger charge is -2.37. The molecule has 6 heteroatoms. The smallest absolute Gasteiger partial charge is 0.228 e. The van der Waals surface area contributed by atoms with Crippen LogP contribution in [-0.2, 0) is 16.1 Å². The van der Waals surface area contributed by atoms with E-state index in [1.807, 2.05) is 23.1 Å². The van der Waals surface area contributed by atoms with E-state index in [1.54, 1.807) is 11.2 Å². The molecular weight excluding hydrogens is 342 g/mol. The number of likely N-dealkylation sites (tertiary alicyclic amines) is 1. The van der Waals surface area contributed by atoms with Gasteiger partial charge in [0.05, 0.1) is 18.7 Å². The van der Waals surface area contributed by atoms with E-state index in [4.69, 9.17) is 4.42 Å². The van der Waals surface area contributed by atoms with E-state index in [0.29, 0.717) is 32.6 Å². The lowest BCUT2D eigenvalue weighted by Crippen LogP contribution is -2.50. The normalized spacial score (nSPS) is 20.4. The molecule has 0 N–H and O–H groups in total. The number of benzene rings is 1. The fraction of sp³-hybridized carbons (Fsp3) is 0.429. The number of para-hydroxylation sites is 1. The predicted molar refractivity (Wildman–Crippen MR) is 102 cm³/mol. The largest absolute Gasteiger partial charge is 0.467 e. The van der Waals surface area contributed by atoms with Crippen molar-refractivity contribution in [1.82, 2.24) is 9.80 Å². The van der Waals surface area contributed by atoms with Gasteiger partial charge >= 0.3 is 0 Å². The molecule has 2 amide bonds. The maximum Gasteiger partial charge on any atom is 0.228 e. The predicted octanol–water partition coefficient (Wildman–Crippen LogP) is 2.29. The third-order valence-corrected chi connectivity index (χ3v) is 5.54. The van der Waals surface area contributed by atoms with Crippen molar-refractivity contribution in [3.63, 3.8) is 0 Å². The van der Waals surface area contributed by atoms with E-state index in [-0.39, 0.29) is 17.7 Å². The molecule has 0 aliphatic carbocycles. The molecule has 1 unspecified atom stereocenters. The number of furan rings is 1. The van der Waals surface area contributed by atoms with E-state index >= 15 is 0 Å². The highest BCUT2D eigenvalue weighted by Crippen LogP contribution is 2.25. The van der Waals surface area contributed by atoms with Crippen LogP contribution in [0.5, 0.6) is 0 Å². The maximum atomic E-state index is 12.9. The Morgan fingerprint density at radius 2 is 1.89 bits per heavy atom. The minimum Gasteiger partial charge on any atom is -0.467 e. The number of hydrogen-bond acceptors (Lipinski definition) is 4. The molecule has 2 aliphatic heterocycles. The van der Waals surface area contributed by atoms with Gasteiger partial charge in [0, 0.05) is 44.8 Å². The molecule has 142 valence electrons. The average molecular weight is 367 g/mol. The second kappa shape index (κ2) is 7.47. The summed E-state index contributed by atoms with van der Waals surface area (Å²) in [6.45, 7) is 6.10. The first-order valence-electron chi connectivity index (χ1n) is 9.51. The highest BCUT2D eigenvalue weighted by molar-refractivity contribution is 5.89. The van der Waals surface area contributed by atoms with Crippen LogP contribution in [0.3, 0.4) is 0 Å². The quantitative estimate of drug-likeness (QED) is 0.832. The summed E-state index contributed by atoms with van der Waals surface area (Å²) < 4.78 is 5.32. The number of piperazine rings is 1. The third kappa shape index (κ3) is 3.70. The molecule has 1 atom stereocenters. The van der Waals surface area contributed by atoms with E-state index in [9.17, 15) is 9.59 Å². The second-order valence-electron chi connectivity index (χ2n) is 7.35. The van der Waals surface area contributed by atoms with Crippen LogP contribution in [0.4, 0.5) is 5.69 Å². The molecule has 2 saturated heterocycles. The highest BCUT2D eigenvalue weighted by atomic mass is 16.3. The number of aryl methyl sites for hydroxylation is 1. The van der Waals surface area contributed by atoms with Crippen molar-refractivity contribution in [2.24, 2.45) is 5.92 Å². The molecule has 2 aromatic rings. The monoisotopic (exact) mass is 367 g/mol. The van der Waals surface area contributed by atoms with E-state index < -0.39 is 0 Å². The molecule has 0 bridgehead atoms. The van der Waals surface area contributed by atoms with Crippen LogP contribution >= 0.6 is 0 Å². The number of hydrogen-bond donors (Lipinski definition) is 0. The van der Waals surface area contributed by atoms with Crippen LogP contribution < -0.4 is 4.90 Å². The van der Waals surface area contributed by atoms with Crippen molar-refractivity contribution >= 4 is 17.5 Å². The zero-order valence-corrected chi connectivity index (χ0v) is 15.6. The zero-order chi connectivity index (χ0) is 18.8. The van der Waals surface area contributed by atoms with Crippen LogP contribution in [0, 0.1) is 12.8 Å². The van der Waals surface area contributed by atoms with E-state index in [1.165, 1.54) is 11.3 Å². The van der Waals surface area contributed by atoms with Crippen molar-refractivity contribution in [3.8, 4) is 0 Å². The van der Waals surface area contributed by atoms with Crippen molar-refractivity contribution < 1.29 is 14.0 Å². The van der Waals surface area contributed by atoms with Gasteiger partial charge in [-0.3, -0.25) is 9.59 Å². The van der Waals surface area contributed by atoms with Gasteiger partial charge in [0.15, 0.2) is 0 Å². The summed E-state index contributed by atoms with van der Waals surface area (Å²) in [5.74, 6) is 0.652. The van der Waals surface area contributed by atoms with Crippen LogP contribution in [-0.4, -0.2) is 54.3 Å². The summed E-state index contributed by atoms with van der Waals surface area (Å²) in [6, 6.07) is 12.0. The standard InChI is InChI=1S/C21H25N3O3/c1-16-5-2-3-7-19(16)22-8-10-23(11-9-22)21(26)17-13-20(25)24(14-17)15-18-6-4-12-27-18/h2-7,12,17H,8-11,13-15H2,1H3. The van der Waals surface area contributed by atoms with Gasteiger partial charge in [-0.15, -0.1) is 0 Å². The Morgan fingerprint density at radius 1 is 1.11 bits per heavy atom. The Balaban J connectivity index is 1.33. The minimum absolute atomic E-state index is 0.0308. The first-order chi connectivity index (χ1) is 13.1. The first-order valence-corrected chi connectivity index (χ1v) is 9.51. The summed E-state index contributed by atoms with van der Waals surface area (Å²) in [5, 5.41) is 0. The molecular formula is C21H25N3O3. The summed E-state index contributed by atoms with van der Waals surface area (Å²) in [6.07, 6.45) is 1.91. The van der Waals surface area contributed by atoms with Crippen LogP contribution in [0.15, 0.2) is 47.1 Å². The van der Waals surface area contributed by atoms with Crippen LogP contribution in [0.25, 0.3) is 0 Å². The Bertz CT molecular complexity index is 810. The zero-order valence-electron chi connectivity index (χ0n) is 15.6. The molecule has 6 nitrogen and oxygen atoms in total. The van der Waals surface area contributed by atoms with Gasteiger partial charge in [0.2, 0.25) is 11.8 Å². The summed E-state index contributed by atoms with van der Waals surface area (Å²) in [4.78, 5) is 31.2. The molecule has 27 heavy (non-hydrogen) atoms. The molecule has 3 heterocycles. The number of anilines is 1. The van der Waals surface area contributed by atoms with E-state index in [2.05, 4.69) is 30.0 Å². The van der Waals surface area contributed by atoms with Crippen LogP contribution in [0.2, 0.25) is 0 Å². The van der Waals surface area contributed by atoms with Crippen molar-refractivity contribution in [3.05, 3.63) is 54.0 Å². The fourth-order valence-corrected chi connectivity index (χ4v) is 4.03. The Hall–Kier alpha value is -2.76. The molecule has 0 spiro atoms. The summed E-state index contributed by atoms with van der Waals surface area (Å²) in [5.41, 5.74) is 2.50.